The molecule has 138 valence electrons. The lowest BCUT2D eigenvalue weighted by molar-refractivity contribution is 0.0380. The number of aromatic nitrogens is 1. The molecule has 0 bridgehead atoms. The Kier molecular flexibility index (Phi) is 4.81. The summed E-state index contributed by atoms with van der Waals surface area (Å²) in [6.45, 7) is 3.59. The monoisotopic (exact) mass is 390 g/mol. The molecule has 1 atom stereocenters. The first-order valence-corrected chi connectivity index (χ1v) is 11.1. The summed E-state index contributed by atoms with van der Waals surface area (Å²) in [7, 11) is -3.39. The van der Waals surface area contributed by atoms with Gasteiger partial charge in [0, 0.05) is 29.8 Å². The van der Waals surface area contributed by atoms with Crippen LogP contribution < -0.4 is 0 Å². The third-order valence-corrected chi connectivity index (χ3v) is 8.34. The predicted octanol–water partition coefficient (Wildman–Crippen LogP) is 2.86. The Morgan fingerprint density at radius 1 is 1.23 bits per heavy atom. The van der Waals surface area contributed by atoms with Crippen LogP contribution in [0.2, 0.25) is 0 Å². The van der Waals surface area contributed by atoms with E-state index in [1.807, 2.05) is 49.0 Å². The fourth-order valence-corrected chi connectivity index (χ4v) is 6.77. The maximum absolute atomic E-state index is 12.7. The standard InChI is InChI=1S/C19H22N2O3S2/c1-15-5-7-18(8-6-15)26(22,23)21-13-19(14-21)10-17(12-25-19)24-11-16-4-2-3-9-20-16/h2-9,17H,10-14H2,1H3/t17-/m0/s1. The molecular formula is C19H22N2O3S2. The maximum Gasteiger partial charge on any atom is 0.243 e. The number of thioether (sulfide) groups is 1. The minimum absolute atomic E-state index is 0.00650. The van der Waals surface area contributed by atoms with Crippen LogP contribution in [0.25, 0.3) is 0 Å². The molecule has 2 fully saturated rings. The van der Waals surface area contributed by atoms with Gasteiger partial charge in [-0.15, -0.1) is 11.8 Å². The molecule has 4 rings (SSSR count). The molecule has 0 amide bonds. The molecule has 0 unspecified atom stereocenters. The smallest absolute Gasteiger partial charge is 0.243 e. The maximum atomic E-state index is 12.7. The van der Waals surface area contributed by atoms with E-state index in [-0.39, 0.29) is 10.9 Å². The van der Waals surface area contributed by atoms with E-state index in [4.69, 9.17) is 4.74 Å². The van der Waals surface area contributed by atoms with Gasteiger partial charge in [-0.1, -0.05) is 23.8 Å². The average molecular weight is 391 g/mol. The van der Waals surface area contributed by atoms with Gasteiger partial charge in [-0.3, -0.25) is 4.98 Å². The van der Waals surface area contributed by atoms with Gasteiger partial charge in [0.15, 0.2) is 0 Å². The lowest BCUT2D eigenvalue weighted by atomic mass is 9.95. The van der Waals surface area contributed by atoms with Gasteiger partial charge in [-0.25, -0.2) is 8.42 Å². The first-order valence-electron chi connectivity index (χ1n) is 8.69. The molecular weight excluding hydrogens is 368 g/mol. The zero-order chi connectivity index (χ0) is 18.2. The highest BCUT2D eigenvalue weighted by molar-refractivity contribution is 8.01. The molecule has 5 nitrogen and oxygen atoms in total. The van der Waals surface area contributed by atoms with E-state index in [2.05, 4.69) is 4.98 Å². The number of rotatable bonds is 5. The van der Waals surface area contributed by atoms with Crippen molar-refractivity contribution in [3.63, 3.8) is 0 Å². The van der Waals surface area contributed by atoms with Gasteiger partial charge in [0.2, 0.25) is 10.0 Å². The molecule has 0 radical (unpaired) electrons. The minimum Gasteiger partial charge on any atom is -0.371 e. The second-order valence-electron chi connectivity index (χ2n) is 7.04. The Labute approximate surface area is 158 Å². The molecule has 1 spiro atoms. The Bertz CT molecular complexity index is 863. The summed E-state index contributed by atoms with van der Waals surface area (Å²) in [6, 6.07) is 12.9. The molecule has 0 aliphatic carbocycles. The number of benzene rings is 1. The second-order valence-corrected chi connectivity index (χ2v) is 10.5. The Hall–Kier alpha value is -1.41. The molecule has 2 aromatic rings. The molecule has 1 aromatic heterocycles. The van der Waals surface area contributed by atoms with Crippen LogP contribution in [-0.2, 0) is 21.4 Å². The summed E-state index contributed by atoms with van der Waals surface area (Å²) in [4.78, 5) is 4.65. The number of aryl methyl sites for hydroxylation is 1. The molecule has 3 heterocycles. The van der Waals surface area contributed by atoms with Gasteiger partial charge >= 0.3 is 0 Å². The van der Waals surface area contributed by atoms with Crippen molar-refractivity contribution in [2.75, 3.05) is 18.8 Å². The number of pyridine rings is 1. The van der Waals surface area contributed by atoms with Gasteiger partial charge in [0.25, 0.3) is 0 Å². The van der Waals surface area contributed by atoms with E-state index in [0.29, 0.717) is 24.6 Å². The van der Waals surface area contributed by atoms with Crippen molar-refractivity contribution in [3.8, 4) is 0 Å². The van der Waals surface area contributed by atoms with Crippen LogP contribution in [0.1, 0.15) is 17.7 Å². The van der Waals surface area contributed by atoms with Gasteiger partial charge in [-0.2, -0.15) is 4.31 Å². The van der Waals surface area contributed by atoms with Crippen LogP contribution >= 0.6 is 11.8 Å². The van der Waals surface area contributed by atoms with Crippen LogP contribution in [-0.4, -0.2) is 47.4 Å². The minimum atomic E-state index is -3.39. The van der Waals surface area contributed by atoms with Gasteiger partial charge in [-0.05, 0) is 37.6 Å². The van der Waals surface area contributed by atoms with Crippen molar-refractivity contribution in [2.45, 2.75) is 35.7 Å². The van der Waals surface area contributed by atoms with Crippen molar-refractivity contribution in [2.24, 2.45) is 0 Å². The van der Waals surface area contributed by atoms with Crippen LogP contribution in [0.5, 0.6) is 0 Å². The van der Waals surface area contributed by atoms with E-state index in [0.717, 1.165) is 23.4 Å². The number of ether oxygens (including phenoxy) is 1. The van der Waals surface area contributed by atoms with E-state index >= 15 is 0 Å². The van der Waals surface area contributed by atoms with Gasteiger partial charge in [0.05, 0.1) is 23.3 Å². The summed E-state index contributed by atoms with van der Waals surface area (Å²) >= 11 is 1.84. The van der Waals surface area contributed by atoms with E-state index in [1.165, 1.54) is 0 Å². The molecule has 2 aliphatic heterocycles. The van der Waals surface area contributed by atoms with Crippen LogP contribution in [0.15, 0.2) is 53.6 Å². The number of sulfonamides is 1. The number of hydrogen-bond donors (Lipinski definition) is 0. The fourth-order valence-electron chi connectivity index (χ4n) is 3.44. The third-order valence-electron chi connectivity index (χ3n) is 4.96. The molecule has 0 N–H and O–H groups in total. The molecule has 26 heavy (non-hydrogen) atoms. The zero-order valence-corrected chi connectivity index (χ0v) is 16.3. The Morgan fingerprint density at radius 2 is 2.00 bits per heavy atom. The number of hydrogen-bond acceptors (Lipinski definition) is 5. The lowest BCUT2D eigenvalue weighted by Gasteiger charge is -2.46. The van der Waals surface area contributed by atoms with Crippen LogP contribution in [0, 0.1) is 6.92 Å². The summed E-state index contributed by atoms with van der Waals surface area (Å²) < 4.78 is 33.1. The quantitative estimate of drug-likeness (QED) is 0.786. The van der Waals surface area contributed by atoms with E-state index < -0.39 is 10.0 Å². The molecule has 0 saturated carbocycles. The molecule has 2 aliphatic rings. The van der Waals surface area contributed by atoms with Gasteiger partial charge in [0.1, 0.15) is 0 Å². The second kappa shape index (κ2) is 6.96. The first-order chi connectivity index (χ1) is 12.5. The largest absolute Gasteiger partial charge is 0.371 e. The Morgan fingerprint density at radius 3 is 2.69 bits per heavy atom. The van der Waals surface area contributed by atoms with Crippen LogP contribution in [0.3, 0.4) is 0 Å². The summed E-state index contributed by atoms with van der Waals surface area (Å²) in [5.74, 6) is 0.908. The van der Waals surface area contributed by atoms with Crippen molar-refractivity contribution in [1.82, 2.24) is 9.29 Å². The summed E-state index contributed by atoms with van der Waals surface area (Å²) in [6.07, 6.45) is 2.82. The summed E-state index contributed by atoms with van der Waals surface area (Å²) in [5, 5.41) is 0. The fraction of sp³-hybridized carbons (Fsp3) is 0.421. The third kappa shape index (κ3) is 3.53. The highest BCUT2D eigenvalue weighted by atomic mass is 32.2. The van der Waals surface area contributed by atoms with Crippen molar-refractivity contribution in [1.29, 1.82) is 0 Å². The average Bonchev–Trinajstić information content (AvgIpc) is 3.05. The summed E-state index contributed by atoms with van der Waals surface area (Å²) in [5.41, 5.74) is 1.99. The SMILES string of the molecule is Cc1ccc(S(=O)(=O)N2CC3(C[C@H](OCc4ccccn4)CS3)C2)cc1. The van der Waals surface area contributed by atoms with Gasteiger partial charge < -0.3 is 4.74 Å². The van der Waals surface area contributed by atoms with Crippen molar-refractivity contribution >= 4 is 21.8 Å². The van der Waals surface area contributed by atoms with Crippen molar-refractivity contribution in [3.05, 3.63) is 59.9 Å². The lowest BCUT2D eigenvalue weighted by Crippen LogP contribution is -2.60. The Balaban J connectivity index is 1.33. The van der Waals surface area contributed by atoms with Crippen LogP contribution in [0.4, 0.5) is 0 Å². The highest BCUT2D eigenvalue weighted by Crippen LogP contribution is 2.47. The topological polar surface area (TPSA) is 59.5 Å². The molecule has 7 heteroatoms. The first kappa shape index (κ1) is 18.0. The normalized spacial score (nSPS) is 22.4. The van der Waals surface area contributed by atoms with E-state index in [1.54, 1.807) is 22.6 Å². The molecule has 1 aromatic carbocycles. The predicted molar refractivity (Wildman–Crippen MR) is 103 cm³/mol. The highest BCUT2D eigenvalue weighted by Gasteiger charge is 2.53. The van der Waals surface area contributed by atoms with Crippen molar-refractivity contribution < 1.29 is 13.2 Å². The molecule has 2 saturated heterocycles. The zero-order valence-electron chi connectivity index (χ0n) is 14.7. The number of nitrogens with zero attached hydrogens (tertiary/aromatic N) is 2. The van der Waals surface area contributed by atoms with E-state index in [9.17, 15) is 8.42 Å².